The zero-order chi connectivity index (χ0) is 23.5. The van der Waals surface area contributed by atoms with E-state index in [1.54, 1.807) is 30.3 Å². The summed E-state index contributed by atoms with van der Waals surface area (Å²) in [7, 11) is 0. The van der Waals surface area contributed by atoms with E-state index in [-0.39, 0.29) is 24.1 Å². The number of amidine groups is 1. The summed E-state index contributed by atoms with van der Waals surface area (Å²) >= 11 is 1.21. The van der Waals surface area contributed by atoms with E-state index in [2.05, 4.69) is 10.3 Å². The zero-order valence-electron chi connectivity index (χ0n) is 17.8. The van der Waals surface area contributed by atoms with Gasteiger partial charge < -0.3 is 10.1 Å². The van der Waals surface area contributed by atoms with Crippen molar-refractivity contribution in [3.63, 3.8) is 0 Å². The zero-order valence-corrected chi connectivity index (χ0v) is 18.6. The molecule has 1 N–H and O–H groups in total. The van der Waals surface area contributed by atoms with Crippen molar-refractivity contribution in [2.75, 3.05) is 0 Å². The first-order valence-corrected chi connectivity index (χ1v) is 11.3. The van der Waals surface area contributed by atoms with Gasteiger partial charge in [0, 0.05) is 5.56 Å². The van der Waals surface area contributed by atoms with Crippen molar-refractivity contribution >= 4 is 45.4 Å². The molecule has 168 valence electrons. The number of nitrogens with zero attached hydrogens (tertiary/aromatic N) is 1. The molecule has 1 heterocycles. The van der Waals surface area contributed by atoms with Gasteiger partial charge in [0.05, 0.1) is 10.6 Å². The normalized spacial score (nSPS) is 15.8. The number of aliphatic imine (C=N–C) groups is 1. The van der Waals surface area contributed by atoms with Crippen LogP contribution in [0.4, 0.5) is 14.5 Å². The summed E-state index contributed by atoms with van der Waals surface area (Å²) < 4.78 is 32.5. The van der Waals surface area contributed by atoms with Crippen molar-refractivity contribution in [3.8, 4) is 5.75 Å². The Morgan fingerprint density at radius 3 is 2.35 bits per heavy atom. The highest BCUT2D eigenvalue weighted by molar-refractivity contribution is 8.18. The van der Waals surface area contributed by atoms with E-state index >= 15 is 0 Å². The van der Waals surface area contributed by atoms with Gasteiger partial charge >= 0.3 is 0 Å². The lowest BCUT2D eigenvalue weighted by Crippen LogP contribution is -2.19. The number of carbonyl (C=O) groups is 1. The molecule has 4 aromatic carbocycles. The van der Waals surface area contributed by atoms with Crippen LogP contribution in [0.15, 0.2) is 94.8 Å². The summed E-state index contributed by atoms with van der Waals surface area (Å²) in [6, 6.07) is 23.5. The van der Waals surface area contributed by atoms with Gasteiger partial charge in [-0.15, -0.1) is 0 Å². The minimum absolute atomic E-state index is 0.255. The third kappa shape index (κ3) is 4.84. The first kappa shape index (κ1) is 21.9. The maximum atomic E-state index is 13.2. The molecule has 1 amide bonds. The average Bonchev–Trinajstić information content (AvgIpc) is 3.19. The van der Waals surface area contributed by atoms with E-state index in [4.69, 9.17) is 4.74 Å². The number of amides is 1. The minimum Gasteiger partial charge on any atom is -0.488 e. The molecule has 0 aliphatic carbocycles. The lowest BCUT2D eigenvalue weighted by molar-refractivity contribution is -0.115. The third-order valence-corrected chi connectivity index (χ3v) is 6.13. The van der Waals surface area contributed by atoms with Crippen LogP contribution in [0.5, 0.6) is 5.75 Å². The van der Waals surface area contributed by atoms with Gasteiger partial charge in [0.15, 0.2) is 5.17 Å². The molecule has 7 heteroatoms. The fourth-order valence-electron chi connectivity index (χ4n) is 3.54. The second kappa shape index (κ2) is 9.49. The number of rotatable bonds is 5. The Bertz CT molecular complexity index is 1430. The van der Waals surface area contributed by atoms with Crippen LogP contribution < -0.4 is 10.1 Å². The minimum atomic E-state index is -0.350. The summed E-state index contributed by atoms with van der Waals surface area (Å²) in [5.74, 6) is -0.324. The van der Waals surface area contributed by atoms with Crippen LogP contribution in [0.2, 0.25) is 0 Å². The van der Waals surface area contributed by atoms with Crippen LogP contribution in [-0.2, 0) is 11.4 Å². The van der Waals surface area contributed by atoms with Gasteiger partial charge in [-0.1, -0.05) is 42.5 Å². The second-order valence-electron chi connectivity index (χ2n) is 7.57. The Morgan fingerprint density at radius 1 is 0.882 bits per heavy atom. The molecule has 0 radical (unpaired) electrons. The van der Waals surface area contributed by atoms with Gasteiger partial charge in [0.1, 0.15) is 24.0 Å². The quantitative estimate of drug-likeness (QED) is 0.334. The SMILES string of the molecule is O=C1NC(=Nc2ccc(F)cc2)S/C1=C/c1c(OCc2ccc(F)cc2)ccc2ccccc12. The highest BCUT2D eigenvalue weighted by Crippen LogP contribution is 2.35. The van der Waals surface area contributed by atoms with Crippen LogP contribution in [0, 0.1) is 11.6 Å². The summed E-state index contributed by atoms with van der Waals surface area (Å²) in [5.41, 5.74) is 2.13. The van der Waals surface area contributed by atoms with Crippen LogP contribution in [0.1, 0.15) is 11.1 Å². The van der Waals surface area contributed by atoms with Crippen molar-refractivity contribution in [1.82, 2.24) is 5.32 Å². The van der Waals surface area contributed by atoms with Crippen LogP contribution in [-0.4, -0.2) is 11.1 Å². The summed E-state index contributed by atoms with van der Waals surface area (Å²) in [4.78, 5) is 17.5. The Hall–Kier alpha value is -3.97. The average molecular weight is 473 g/mol. The van der Waals surface area contributed by atoms with Crippen molar-refractivity contribution in [2.45, 2.75) is 6.61 Å². The van der Waals surface area contributed by atoms with E-state index < -0.39 is 0 Å². The number of ether oxygens (including phenoxy) is 1. The molecular weight excluding hydrogens is 454 g/mol. The second-order valence-corrected chi connectivity index (χ2v) is 8.60. The fraction of sp³-hybridized carbons (Fsp3) is 0.0370. The molecule has 1 saturated heterocycles. The van der Waals surface area contributed by atoms with Crippen LogP contribution in [0.3, 0.4) is 0 Å². The highest BCUT2D eigenvalue weighted by atomic mass is 32.2. The number of halogens is 2. The number of fused-ring (bicyclic) bond motifs is 1. The molecule has 0 unspecified atom stereocenters. The lowest BCUT2D eigenvalue weighted by Gasteiger charge is -2.12. The molecule has 0 aromatic heterocycles. The predicted molar refractivity (Wildman–Crippen MR) is 132 cm³/mol. The highest BCUT2D eigenvalue weighted by Gasteiger charge is 2.25. The van der Waals surface area contributed by atoms with Gasteiger partial charge in [-0.25, -0.2) is 13.8 Å². The van der Waals surface area contributed by atoms with E-state index in [0.29, 0.717) is 21.5 Å². The number of thioether (sulfide) groups is 1. The molecule has 0 bridgehead atoms. The monoisotopic (exact) mass is 472 g/mol. The van der Waals surface area contributed by atoms with Gasteiger partial charge in [0.25, 0.3) is 5.91 Å². The van der Waals surface area contributed by atoms with Crippen molar-refractivity contribution in [1.29, 1.82) is 0 Å². The maximum absolute atomic E-state index is 13.2. The Kier molecular flexibility index (Phi) is 6.10. The Morgan fingerprint density at radius 2 is 1.59 bits per heavy atom. The Balaban J connectivity index is 1.47. The van der Waals surface area contributed by atoms with E-state index in [1.165, 1.54) is 36.0 Å². The number of benzene rings is 4. The molecule has 1 aliphatic rings. The number of hydrogen-bond acceptors (Lipinski definition) is 4. The Labute approximate surface area is 199 Å². The van der Waals surface area contributed by atoms with Crippen molar-refractivity contribution in [2.24, 2.45) is 4.99 Å². The summed E-state index contributed by atoms with van der Waals surface area (Å²) in [6.07, 6.45) is 1.79. The number of hydrogen-bond donors (Lipinski definition) is 1. The fourth-order valence-corrected chi connectivity index (χ4v) is 4.36. The number of carbonyl (C=O) groups excluding carboxylic acids is 1. The van der Waals surface area contributed by atoms with E-state index in [0.717, 1.165) is 21.9 Å². The molecule has 4 nitrogen and oxygen atoms in total. The molecule has 0 saturated carbocycles. The summed E-state index contributed by atoms with van der Waals surface area (Å²) in [5, 5.41) is 5.11. The topological polar surface area (TPSA) is 50.7 Å². The maximum Gasteiger partial charge on any atom is 0.264 e. The van der Waals surface area contributed by atoms with E-state index in [9.17, 15) is 13.6 Å². The molecule has 0 atom stereocenters. The molecule has 0 spiro atoms. The molecule has 5 rings (SSSR count). The summed E-state index contributed by atoms with van der Waals surface area (Å²) in [6.45, 7) is 0.255. The van der Waals surface area contributed by atoms with Gasteiger partial charge in [-0.3, -0.25) is 4.79 Å². The number of nitrogens with one attached hydrogen (secondary N) is 1. The first-order chi connectivity index (χ1) is 16.5. The molecule has 1 fully saturated rings. The third-order valence-electron chi connectivity index (χ3n) is 5.22. The first-order valence-electron chi connectivity index (χ1n) is 10.5. The largest absolute Gasteiger partial charge is 0.488 e. The van der Waals surface area contributed by atoms with Gasteiger partial charge in [0.2, 0.25) is 0 Å². The standard InChI is InChI=1S/C27H18F2N2O2S/c28-19-8-5-17(6-9-19)16-33-24-14-7-18-3-1-2-4-22(18)23(24)15-25-26(32)31-27(34-25)30-21-12-10-20(29)11-13-21/h1-15H,16H2,(H,30,31,32)/b25-15+. The predicted octanol–water partition coefficient (Wildman–Crippen LogP) is 6.59. The molecule has 1 aliphatic heterocycles. The van der Waals surface area contributed by atoms with Crippen molar-refractivity contribution < 1.29 is 18.3 Å². The molecular formula is C27H18F2N2O2S. The molecule has 4 aromatic rings. The van der Waals surface area contributed by atoms with Crippen molar-refractivity contribution in [3.05, 3.63) is 113 Å². The molecule has 34 heavy (non-hydrogen) atoms. The smallest absolute Gasteiger partial charge is 0.264 e. The van der Waals surface area contributed by atoms with Gasteiger partial charge in [-0.2, -0.15) is 0 Å². The van der Waals surface area contributed by atoms with Crippen LogP contribution >= 0.6 is 11.8 Å². The van der Waals surface area contributed by atoms with Crippen LogP contribution in [0.25, 0.3) is 16.8 Å². The van der Waals surface area contributed by atoms with Gasteiger partial charge in [-0.05, 0) is 76.6 Å². The van der Waals surface area contributed by atoms with E-state index in [1.807, 2.05) is 36.4 Å². The lowest BCUT2D eigenvalue weighted by atomic mass is 10.0.